The predicted octanol–water partition coefficient (Wildman–Crippen LogP) is 1.77. The first kappa shape index (κ1) is 11.7. The highest BCUT2D eigenvalue weighted by molar-refractivity contribution is 5.94. The second-order valence-corrected chi connectivity index (χ2v) is 5.28. The maximum Gasteiger partial charge on any atom is 0.253 e. The van der Waals surface area contributed by atoms with Crippen LogP contribution in [0.25, 0.3) is 0 Å². The fourth-order valence-corrected chi connectivity index (χ4v) is 3.04. The molecule has 1 aromatic rings. The van der Waals surface area contributed by atoms with E-state index < -0.39 is 0 Å². The summed E-state index contributed by atoms with van der Waals surface area (Å²) in [7, 11) is 0. The van der Waals surface area contributed by atoms with Gasteiger partial charge in [0.05, 0.1) is 5.56 Å². The first-order chi connectivity index (χ1) is 8.80. The number of hydrogen-bond donors (Lipinski definition) is 1. The van der Waals surface area contributed by atoms with Gasteiger partial charge in [-0.05, 0) is 43.2 Å². The van der Waals surface area contributed by atoms with Crippen LogP contribution in [0.2, 0.25) is 0 Å². The number of hydrogen-bond acceptors (Lipinski definition) is 3. The number of pyridine rings is 1. The Bertz CT molecular complexity index is 427. The summed E-state index contributed by atoms with van der Waals surface area (Å²) < 4.78 is 5.42. The zero-order valence-corrected chi connectivity index (χ0v) is 10.4. The lowest BCUT2D eigenvalue weighted by Crippen LogP contribution is -2.57. The molecule has 1 N–H and O–H groups in total. The Morgan fingerprint density at radius 1 is 1.39 bits per heavy atom. The topological polar surface area (TPSA) is 51.2 Å². The number of nitrogens with zero attached hydrogens (tertiary/aromatic N) is 1. The van der Waals surface area contributed by atoms with Gasteiger partial charge >= 0.3 is 0 Å². The summed E-state index contributed by atoms with van der Waals surface area (Å²) in [5.74, 6) is -0.00123. The highest BCUT2D eigenvalue weighted by Gasteiger charge is 2.47. The van der Waals surface area contributed by atoms with E-state index in [1.54, 1.807) is 24.5 Å². The lowest BCUT2D eigenvalue weighted by Gasteiger charge is -2.52. The monoisotopic (exact) mass is 246 g/mol. The van der Waals surface area contributed by atoms with Crippen LogP contribution in [0.4, 0.5) is 0 Å². The highest BCUT2D eigenvalue weighted by atomic mass is 16.5. The van der Waals surface area contributed by atoms with E-state index in [0.29, 0.717) is 17.0 Å². The second kappa shape index (κ2) is 4.69. The third-order valence-corrected chi connectivity index (χ3v) is 4.39. The lowest BCUT2D eigenvalue weighted by atomic mass is 9.60. The molecule has 96 valence electrons. The molecule has 3 rings (SSSR count). The molecule has 1 unspecified atom stereocenters. The van der Waals surface area contributed by atoms with Crippen LogP contribution >= 0.6 is 0 Å². The van der Waals surface area contributed by atoms with Crippen LogP contribution in [0.3, 0.4) is 0 Å². The largest absolute Gasteiger partial charge is 0.381 e. The number of aromatic nitrogens is 1. The minimum atomic E-state index is -0.00123. The van der Waals surface area contributed by atoms with Crippen molar-refractivity contribution in [2.45, 2.75) is 31.7 Å². The molecule has 1 saturated heterocycles. The zero-order chi connectivity index (χ0) is 12.4. The normalized spacial score (nSPS) is 25.4. The van der Waals surface area contributed by atoms with Crippen molar-refractivity contribution in [2.75, 3.05) is 13.2 Å². The van der Waals surface area contributed by atoms with Gasteiger partial charge in [0.25, 0.3) is 5.91 Å². The molecule has 0 aromatic carbocycles. The summed E-state index contributed by atoms with van der Waals surface area (Å²) in [6, 6.07) is 3.91. The molecule has 1 amide bonds. The van der Waals surface area contributed by atoms with Crippen molar-refractivity contribution < 1.29 is 9.53 Å². The van der Waals surface area contributed by atoms with Gasteiger partial charge in [0.2, 0.25) is 0 Å². The minimum Gasteiger partial charge on any atom is -0.381 e. The van der Waals surface area contributed by atoms with E-state index in [9.17, 15) is 4.79 Å². The quantitative estimate of drug-likeness (QED) is 0.865. The van der Waals surface area contributed by atoms with Gasteiger partial charge in [0.1, 0.15) is 0 Å². The predicted molar refractivity (Wildman–Crippen MR) is 67.2 cm³/mol. The number of nitrogens with one attached hydrogen (secondary N) is 1. The van der Waals surface area contributed by atoms with Crippen molar-refractivity contribution in [3.8, 4) is 0 Å². The van der Waals surface area contributed by atoms with E-state index in [2.05, 4.69) is 10.3 Å². The van der Waals surface area contributed by atoms with Crippen molar-refractivity contribution in [2.24, 2.45) is 5.41 Å². The summed E-state index contributed by atoms with van der Waals surface area (Å²) in [6.07, 6.45) is 7.75. The molecule has 18 heavy (non-hydrogen) atoms. The number of carbonyl (C=O) groups is 1. The third kappa shape index (κ3) is 2.01. The summed E-state index contributed by atoms with van der Waals surface area (Å²) in [5.41, 5.74) is 0.947. The summed E-state index contributed by atoms with van der Waals surface area (Å²) in [6.45, 7) is 1.67. The molecule has 1 aliphatic heterocycles. The molecular weight excluding hydrogens is 228 g/mol. The molecule has 2 fully saturated rings. The third-order valence-electron chi connectivity index (χ3n) is 4.39. The van der Waals surface area contributed by atoms with Crippen LogP contribution in [0.15, 0.2) is 24.5 Å². The van der Waals surface area contributed by atoms with Gasteiger partial charge < -0.3 is 10.1 Å². The number of carbonyl (C=O) groups excluding carboxylic acids is 1. The Labute approximate surface area is 107 Å². The second-order valence-electron chi connectivity index (χ2n) is 5.28. The maximum atomic E-state index is 12.1. The first-order valence-corrected chi connectivity index (χ1v) is 6.59. The molecule has 1 atom stereocenters. The molecule has 4 nitrogen and oxygen atoms in total. The molecule has 0 bridgehead atoms. The molecule has 0 radical (unpaired) electrons. The Kier molecular flexibility index (Phi) is 3.04. The number of rotatable bonds is 2. The first-order valence-electron chi connectivity index (χ1n) is 6.59. The Balaban J connectivity index is 1.65. The van der Waals surface area contributed by atoms with E-state index >= 15 is 0 Å². The van der Waals surface area contributed by atoms with Crippen molar-refractivity contribution in [3.63, 3.8) is 0 Å². The van der Waals surface area contributed by atoms with E-state index in [1.165, 1.54) is 6.42 Å². The van der Waals surface area contributed by atoms with E-state index in [0.717, 1.165) is 32.5 Å². The number of ether oxygens (including phenoxy) is 1. The molecule has 1 saturated carbocycles. The standard InChI is InChI=1S/C14H18N2O2/c17-13(11-2-1-7-15-10-11)16-12-3-4-14(12)5-8-18-9-6-14/h1-2,7,10,12H,3-6,8-9H2,(H,16,17). The van der Waals surface area contributed by atoms with Crippen LogP contribution in [0.5, 0.6) is 0 Å². The van der Waals surface area contributed by atoms with Crippen molar-refractivity contribution in [1.82, 2.24) is 10.3 Å². The molecule has 2 aliphatic rings. The van der Waals surface area contributed by atoms with Crippen molar-refractivity contribution in [1.29, 1.82) is 0 Å². The van der Waals surface area contributed by atoms with Crippen LogP contribution < -0.4 is 5.32 Å². The van der Waals surface area contributed by atoms with Crippen LogP contribution in [-0.2, 0) is 4.74 Å². The van der Waals surface area contributed by atoms with Gasteiger partial charge in [-0.25, -0.2) is 0 Å². The minimum absolute atomic E-state index is 0.00123. The van der Waals surface area contributed by atoms with Crippen molar-refractivity contribution >= 4 is 5.91 Å². The average molecular weight is 246 g/mol. The molecule has 4 heteroatoms. The molecule has 1 aliphatic carbocycles. The smallest absolute Gasteiger partial charge is 0.253 e. The van der Waals surface area contributed by atoms with Gasteiger partial charge in [0.15, 0.2) is 0 Å². The van der Waals surface area contributed by atoms with Gasteiger partial charge in [-0.3, -0.25) is 9.78 Å². The Hall–Kier alpha value is -1.42. The highest BCUT2D eigenvalue weighted by Crippen LogP contribution is 2.48. The summed E-state index contributed by atoms with van der Waals surface area (Å²) in [5, 5.41) is 3.16. The van der Waals surface area contributed by atoms with E-state index in [1.807, 2.05) is 0 Å². The fourth-order valence-electron chi connectivity index (χ4n) is 3.04. The SMILES string of the molecule is O=C(NC1CCC12CCOCC2)c1cccnc1. The van der Waals surface area contributed by atoms with Gasteiger partial charge in [-0.1, -0.05) is 0 Å². The molecular formula is C14H18N2O2. The lowest BCUT2D eigenvalue weighted by molar-refractivity contribution is -0.0523. The van der Waals surface area contributed by atoms with E-state index in [-0.39, 0.29) is 5.91 Å². The number of amides is 1. The van der Waals surface area contributed by atoms with Crippen LogP contribution in [0.1, 0.15) is 36.0 Å². The maximum absolute atomic E-state index is 12.1. The fraction of sp³-hybridized carbons (Fsp3) is 0.571. The summed E-state index contributed by atoms with van der Waals surface area (Å²) in [4.78, 5) is 16.1. The molecule has 1 spiro atoms. The Morgan fingerprint density at radius 2 is 2.22 bits per heavy atom. The zero-order valence-electron chi connectivity index (χ0n) is 10.4. The van der Waals surface area contributed by atoms with Crippen LogP contribution in [0, 0.1) is 5.41 Å². The molecule has 2 heterocycles. The summed E-state index contributed by atoms with van der Waals surface area (Å²) >= 11 is 0. The van der Waals surface area contributed by atoms with Gasteiger partial charge in [0, 0.05) is 31.6 Å². The van der Waals surface area contributed by atoms with Crippen LogP contribution in [-0.4, -0.2) is 30.1 Å². The van der Waals surface area contributed by atoms with E-state index in [4.69, 9.17) is 4.74 Å². The van der Waals surface area contributed by atoms with Gasteiger partial charge in [-0.15, -0.1) is 0 Å². The average Bonchev–Trinajstić information content (AvgIpc) is 2.45. The molecule has 1 aromatic heterocycles. The van der Waals surface area contributed by atoms with Gasteiger partial charge in [-0.2, -0.15) is 0 Å². The van der Waals surface area contributed by atoms with Crippen molar-refractivity contribution in [3.05, 3.63) is 30.1 Å². The Morgan fingerprint density at radius 3 is 2.83 bits per heavy atom.